The van der Waals surface area contributed by atoms with Gasteiger partial charge in [0.15, 0.2) is 0 Å². The minimum absolute atomic E-state index is 0.135. The number of para-hydroxylation sites is 1. The first-order valence-corrected chi connectivity index (χ1v) is 13.7. The van der Waals surface area contributed by atoms with Crippen molar-refractivity contribution in [2.24, 2.45) is 5.73 Å². The Kier molecular flexibility index (Phi) is 8.45. The number of hydrogen-bond acceptors (Lipinski definition) is 5. The molecular formula is C33H39N3O4. The molecule has 2 amide bonds. The predicted octanol–water partition coefficient (Wildman–Crippen LogP) is 5.40. The van der Waals surface area contributed by atoms with Crippen molar-refractivity contribution in [3.8, 4) is 11.1 Å². The quantitative estimate of drug-likeness (QED) is 0.390. The van der Waals surface area contributed by atoms with Crippen molar-refractivity contribution in [1.29, 1.82) is 0 Å². The minimum Gasteiger partial charge on any atom is -0.456 e. The molecular weight excluding hydrogens is 502 g/mol. The van der Waals surface area contributed by atoms with Gasteiger partial charge in [0.05, 0.1) is 12.1 Å². The zero-order valence-corrected chi connectivity index (χ0v) is 24.0. The molecule has 3 aromatic rings. The number of fused-ring (bicyclic) bond motifs is 1. The van der Waals surface area contributed by atoms with Gasteiger partial charge in [0.1, 0.15) is 11.6 Å². The topological polar surface area (TPSA) is 102 Å². The van der Waals surface area contributed by atoms with Crippen LogP contribution in [-0.4, -0.2) is 35.0 Å². The summed E-state index contributed by atoms with van der Waals surface area (Å²) in [5, 5.41) is 2.93. The summed E-state index contributed by atoms with van der Waals surface area (Å²) in [4.78, 5) is 41.0. The number of amides is 2. The highest BCUT2D eigenvalue weighted by atomic mass is 16.6. The monoisotopic (exact) mass is 541 g/mol. The zero-order valence-electron chi connectivity index (χ0n) is 24.0. The Morgan fingerprint density at radius 3 is 2.27 bits per heavy atom. The van der Waals surface area contributed by atoms with Crippen LogP contribution in [0.3, 0.4) is 0 Å². The summed E-state index contributed by atoms with van der Waals surface area (Å²) in [6.45, 7) is 9.47. The Morgan fingerprint density at radius 1 is 0.950 bits per heavy atom. The number of hydrogen-bond donors (Lipinski definition) is 2. The van der Waals surface area contributed by atoms with Crippen molar-refractivity contribution >= 4 is 23.5 Å². The fraction of sp³-hybridized carbons (Fsp3) is 0.364. The van der Waals surface area contributed by atoms with Crippen LogP contribution in [0.2, 0.25) is 0 Å². The van der Waals surface area contributed by atoms with Crippen molar-refractivity contribution in [2.45, 2.75) is 77.6 Å². The van der Waals surface area contributed by atoms with E-state index in [0.29, 0.717) is 24.9 Å². The van der Waals surface area contributed by atoms with E-state index in [1.807, 2.05) is 87.5 Å². The van der Waals surface area contributed by atoms with Crippen LogP contribution in [0.4, 0.5) is 5.69 Å². The molecule has 7 nitrogen and oxygen atoms in total. The van der Waals surface area contributed by atoms with Gasteiger partial charge in [-0.1, -0.05) is 60.7 Å². The molecule has 1 heterocycles. The van der Waals surface area contributed by atoms with Gasteiger partial charge in [-0.25, -0.2) is 4.79 Å². The number of esters is 1. The average molecular weight is 542 g/mol. The first-order valence-electron chi connectivity index (χ1n) is 13.7. The third-order valence-corrected chi connectivity index (χ3v) is 6.65. The molecule has 7 heteroatoms. The molecule has 3 aromatic carbocycles. The molecule has 0 saturated heterocycles. The van der Waals surface area contributed by atoms with E-state index in [4.69, 9.17) is 10.5 Å². The summed E-state index contributed by atoms with van der Waals surface area (Å²) in [5.41, 5.74) is 9.78. The van der Waals surface area contributed by atoms with Gasteiger partial charge in [-0.2, -0.15) is 0 Å². The predicted molar refractivity (Wildman–Crippen MR) is 158 cm³/mol. The highest BCUT2D eigenvalue weighted by molar-refractivity contribution is 6.00. The zero-order chi connectivity index (χ0) is 29.1. The summed E-state index contributed by atoms with van der Waals surface area (Å²) < 4.78 is 5.61. The largest absolute Gasteiger partial charge is 0.456 e. The van der Waals surface area contributed by atoms with E-state index >= 15 is 0 Å². The summed E-state index contributed by atoms with van der Waals surface area (Å²) >= 11 is 0. The smallest absolute Gasteiger partial charge is 0.339 e. The van der Waals surface area contributed by atoms with E-state index < -0.39 is 17.2 Å². The molecule has 210 valence electrons. The second kappa shape index (κ2) is 11.6. The number of carbonyl (C=O) groups excluding carboxylic acids is 3. The molecule has 1 aliphatic rings. The number of aryl methyl sites for hydroxylation is 1. The molecule has 3 N–H and O–H groups in total. The number of nitrogens with two attached hydrogens (primary N) is 1. The molecule has 1 atom stereocenters. The van der Waals surface area contributed by atoms with Crippen molar-refractivity contribution in [2.75, 3.05) is 4.90 Å². The lowest BCUT2D eigenvalue weighted by molar-refractivity contribution is -0.128. The number of rotatable bonds is 7. The summed E-state index contributed by atoms with van der Waals surface area (Å²) in [6.07, 6.45) is 1.33. The Hall–Kier alpha value is -3.97. The number of carbonyl (C=O) groups is 3. The van der Waals surface area contributed by atoms with E-state index in [2.05, 4.69) is 5.32 Å². The van der Waals surface area contributed by atoms with E-state index in [9.17, 15) is 14.4 Å². The molecule has 0 aromatic heterocycles. The van der Waals surface area contributed by atoms with Crippen molar-refractivity contribution in [3.05, 3.63) is 89.5 Å². The van der Waals surface area contributed by atoms with Crippen LogP contribution >= 0.6 is 0 Å². The van der Waals surface area contributed by atoms with Gasteiger partial charge >= 0.3 is 5.97 Å². The standard InChI is InChI=1S/C33H39N3O4/c1-32(2,3)40-31(39)26-12-8-7-11-25(26)23-16-14-22(15-17-23)21-36-28-13-9-6-10-24(28)18-19-27(30(36)38)35-29(37)20-33(4,5)34/h6-17,27H,18-21,34H2,1-5H3,(H,35,37). The molecule has 0 radical (unpaired) electrons. The van der Waals surface area contributed by atoms with E-state index in [1.54, 1.807) is 24.8 Å². The fourth-order valence-electron chi connectivity index (χ4n) is 4.89. The van der Waals surface area contributed by atoms with Crippen molar-refractivity contribution < 1.29 is 19.1 Å². The van der Waals surface area contributed by atoms with Gasteiger partial charge in [-0.05, 0) is 81.8 Å². The highest BCUT2D eigenvalue weighted by Crippen LogP contribution is 2.30. The summed E-state index contributed by atoms with van der Waals surface area (Å²) in [7, 11) is 0. The van der Waals surface area contributed by atoms with Gasteiger partial charge < -0.3 is 20.7 Å². The van der Waals surface area contributed by atoms with Crippen LogP contribution in [0.1, 0.15) is 68.9 Å². The number of anilines is 1. The number of nitrogens with one attached hydrogen (secondary N) is 1. The maximum absolute atomic E-state index is 13.8. The van der Waals surface area contributed by atoms with E-state index in [1.165, 1.54) is 0 Å². The van der Waals surface area contributed by atoms with Gasteiger partial charge in [-0.3, -0.25) is 9.59 Å². The summed E-state index contributed by atoms with van der Waals surface area (Å²) in [5.74, 6) is -0.748. The third kappa shape index (κ3) is 7.36. The molecule has 1 unspecified atom stereocenters. The lowest BCUT2D eigenvalue weighted by Gasteiger charge is -2.27. The molecule has 1 aliphatic heterocycles. The normalized spacial score (nSPS) is 15.7. The highest BCUT2D eigenvalue weighted by Gasteiger charge is 2.32. The Balaban J connectivity index is 1.58. The molecule has 0 saturated carbocycles. The molecule has 0 aliphatic carbocycles. The first kappa shape index (κ1) is 29.0. The van der Waals surface area contributed by atoms with Gasteiger partial charge in [0.25, 0.3) is 0 Å². The van der Waals surface area contributed by atoms with Crippen molar-refractivity contribution in [3.63, 3.8) is 0 Å². The van der Waals surface area contributed by atoms with Crippen molar-refractivity contribution in [1.82, 2.24) is 5.32 Å². The Morgan fingerprint density at radius 2 is 1.60 bits per heavy atom. The lowest BCUT2D eigenvalue weighted by atomic mass is 9.98. The molecule has 40 heavy (non-hydrogen) atoms. The fourth-order valence-corrected chi connectivity index (χ4v) is 4.89. The van der Waals surface area contributed by atoms with Crippen LogP contribution in [0.25, 0.3) is 11.1 Å². The number of nitrogens with zero attached hydrogens (tertiary/aromatic N) is 1. The molecule has 4 rings (SSSR count). The molecule has 0 bridgehead atoms. The Labute approximate surface area is 236 Å². The third-order valence-electron chi connectivity index (χ3n) is 6.65. The van der Waals surface area contributed by atoms with Gasteiger partial charge in [0, 0.05) is 17.6 Å². The minimum atomic E-state index is -0.662. The number of benzene rings is 3. The van der Waals surface area contributed by atoms with E-state index in [0.717, 1.165) is 27.9 Å². The maximum Gasteiger partial charge on any atom is 0.339 e. The second-order valence-corrected chi connectivity index (χ2v) is 12.1. The van der Waals surface area contributed by atoms with Crippen LogP contribution in [0.15, 0.2) is 72.8 Å². The maximum atomic E-state index is 13.8. The summed E-state index contributed by atoms with van der Waals surface area (Å²) in [6, 6.07) is 22.5. The van der Waals surface area contributed by atoms with E-state index in [-0.39, 0.29) is 24.2 Å². The SMILES string of the molecule is CC(C)(N)CC(=O)NC1CCc2ccccc2N(Cc2ccc(-c3ccccc3C(=O)OC(C)(C)C)cc2)C1=O. The average Bonchev–Trinajstić information content (AvgIpc) is 2.99. The second-order valence-electron chi connectivity index (χ2n) is 12.1. The molecule has 0 spiro atoms. The van der Waals surface area contributed by atoms with Gasteiger partial charge in [0.2, 0.25) is 11.8 Å². The molecule has 0 fully saturated rings. The van der Waals surface area contributed by atoms with Gasteiger partial charge in [-0.15, -0.1) is 0 Å². The van der Waals surface area contributed by atoms with Crippen LogP contribution in [0, 0.1) is 0 Å². The Bertz CT molecular complexity index is 1380. The van der Waals surface area contributed by atoms with Crippen LogP contribution < -0.4 is 16.0 Å². The number of ether oxygens (including phenoxy) is 1. The van der Waals surface area contributed by atoms with Crippen LogP contribution in [-0.2, 0) is 27.3 Å². The van der Waals surface area contributed by atoms with Crippen LogP contribution in [0.5, 0.6) is 0 Å². The first-order chi connectivity index (χ1) is 18.8. The lowest BCUT2D eigenvalue weighted by Crippen LogP contribution is -2.49.